The lowest BCUT2D eigenvalue weighted by Gasteiger charge is -2.23. The molecular formula is C15H21NO2. The number of ether oxygens (including phenoxy) is 1. The first-order valence-corrected chi connectivity index (χ1v) is 6.73. The summed E-state index contributed by atoms with van der Waals surface area (Å²) in [5, 5.41) is 0. The van der Waals surface area contributed by atoms with Crippen LogP contribution in [0.1, 0.15) is 31.7 Å². The molecule has 1 heterocycles. The van der Waals surface area contributed by atoms with Gasteiger partial charge in [0, 0.05) is 13.1 Å². The highest BCUT2D eigenvalue weighted by atomic mass is 16.5. The van der Waals surface area contributed by atoms with Crippen molar-refractivity contribution in [3.63, 3.8) is 0 Å². The summed E-state index contributed by atoms with van der Waals surface area (Å²) in [7, 11) is 0. The Labute approximate surface area is 109 Å². The Morgan fingerprint density at radius 1 is 1.33 bits per heavy atom. The van der Waals surface area contributed by atoms with Gasteiger partial charge in [0.05, 0.1) is 0 Å². The molecule has 2 rings (SSSR count). The van der Waals surface area contributed by atoms with Crippen LogP contribution in [0.3, 0.4) is 0 Å². The summed E-state index contributed by atoms with van der Waals surface area (Å²) in [6.45, 7) is 5.76. The molecule has 0 spiro atoms. The number of rotatable bonds is 4. The largest absolute Gasteiger partial charge is 0.480 e. The maximum Gasteiger partial charge on any atom is 0.263 e. The Hall–Kier alpha value is -1.51. The number of carbonyl (C=O) groups is 1. The summed E-state index contributed by atoms with van der Waals surface area (Å²) in [5.41, 5.74) is 1.07. The number of hydrogen-bond donors (Lipinski definition) is 0. The quantitative estimate of drug-likeness (QED) is 0.818. The van der Waals surface area contributed by atoms with Crippen molar-refractivity contribution in [1.29, 1.82) is 0 Å². The van der Waals surface area contributed by atoms with Gasteiger partial charge < -0.3 is 9.64 Å². The summed E-state index contributed by atoms with van der Waals surface area (Å²) >= 11 is 0. The second kappa shape index (κ2) is 5.89. The van der Waals surface area contributed by atoms with Crippen LogP contribution < -0.4 is 4.74 Å². The Bertz CT molecular complexity index is 411. The van der Waals surface area contributed by atoms with Gasteiger partial charge in [0.1, 0.15) is 5.75 Å². The van der Waals surface area contributed by atoms with E-state index in [0.29, 0.717) is 6.42 Å². The number of aryl methyl sites for hydroxylation is 1. The van der Waals surface area contributed by atoms with Crippen molar-refractivity contribution in [3.8, 4) is 5.75 Å². The lowest BCUT2D eigenvalue weighted by Crippen LogP contribution is -2.40. The maximum atomic E-state index is 12.3. The minimum Gasteiger partial charge on any atom is -0.480 e. The molecule has 1 saturated heterocycles. The SMILES string of the molecule is CC[C@@H](Oc1ccccc1C)C(=O)N1CCCC1. The number of para-hydroxylation sites is 1. The third-order valence-corrected chi connectivity index (χ3v) is 3.43. The Morgan fingerprint density at radius 3 is 2.61 bits per heavy atom. The van der Waals surface area contributed by atoms with Crippen LogP contribution in [0.25, 0.3) is 0 Å². The molecule has 1 aromatic carbocycles. The molecule has 98 valence electrons. The predicted molar refractivity (Wildman–Crippen MR) is 71.7 cm³/mol. The highest BCUT2D eigenvalue weighted by molar-refractivity contribution is 5.81. The van der Waals surface area contributed by atoms with Crippen molar-refractivity contribution in [2.75, 3.05) is 13.1 Å². The van der Waals surface area contributed by atoms with E-state index in [9.17, 15) is 4.79 Å². The van der Waals surface area contributed by atoms with Gasteiger partial charge in [0.25, 0.3) is 5.91 Å². The molecule has 1 atom stereocenters. The minimum absolute atomic E-state index is 0.137. The molecule has 0 aliphatic carbocycles. The average molecular weight is 247 g/mol. The molecule has 1 fully saturated rings. The van der Waals surface area contributed by atoms with E-state index in [0.717, 1.165) is 37.2 Å². The van der Waals surface area contributed by atoms with Gasteiger partial charge in [-0.1, -0.05) is 25.1 Å². The molecular weight excluding hydrogens is 226 g/mol. The van der Waals surface area contributed by atoms with Crippen LogP contribution in [0.15, 0.2) is 24.3 Å². The number of likely N-dealkylation sites (tertiary alicyclic amines) is 1. The Balaban J connectivity index is 2.05. The fourth-order valence-corrected chi connectivity index (χ4v) is 2.29. The molecule has 3 nitrogen and oxygen atoms in total. The van der Waals surface area contributed by atoms with E-state index in [-0.39, 0.29) is 12.0 Å². The molecule has 0 aromatic heterocycles. The molecule has 0 bridgehead atoms. The van der Waals surface area contributed by atoms with Gasteiger partial charge in [-0.25, -0.2) is 0 Å². The Kier molecular flexibility index (Phi) is 4.24. The molecule has 1 aromatic rings. The second-order valence-corrected chi connectivity index (χ2v) is 4.81. The smallest absolute Gasteiger partial charge is 0.263 e. The van der Waals surface area contributed by atoms with Crippen molar-refractivity contribution >= 4 is 5.91 Å². The number of hydrogen-bond acceptors (Lipinski definition) is 2. The van der Waals surface area contributed by atoms with Crippen LogP contribution >= 0.6 is 0 Å². The van der Waals surface area contributed by atoms with E-state index < -0.39 is 0 Å². The van der Waals surface area contributed by atoms with Crippen molar-refractivity contribution in [2.45, 2.75) is 39.2 Å². The van der Waals surface area contributed by atoms with Crippen LogP contribution in [-0.2, 0) is 4.79 Å². The second-order valence-electron chi connectivity index (χ2n) is 4.81. The fourth-order valence-electron chi connectivity index (χ4n) is 2.29. The summed E-state index contributed by atoms with van der Waals surface area (Å²) < 4.78 is 5.88. The van der Waals surface area contributed by atoms with E-state index in [4.69, 9.17) is 4.74 Å². The molecule has 3 heteroatoms. The highest BCUT2D eigenvalue weighted by Crippen LogP contribution is 2.20. The zero-order valence-corrected chi connectivity index (χ0v) is 11.2. The topological polar surface area (TPSA) is 29.5 Å². The fraction of sp³-hybridized carbons (Fsp3) is 0.533. The third-order valence-electron chi connectivity index (χ3n) is 3.43. The Morgan fingerprint density at radius 2 is 2.00 bits per heavy atom. The van der Waals surface area contributed by atoms with Gasteiger partial charge >= 0.3 is 0 Å². The summed E-state index contributed by atoms with van der Waals surface area (Å²) in [5.74, 6) is 0.954. The monoisotopic (exact) mass is 247 g/mol. The first-order valence-electron chi connectivity index (χ1n) is 6.73. The summed E-state index contributed by atoms with van der Waals surface area (Å²) in [6, 6.07) is 7.85. The van der Waals surface area contributed by atoms with Crippen LogP contribution in [0.4, 0.5) is 0 Å². The molecule has 0 saturated carbocycles. The van der Waals surface area contributed by atoms with Crippen molar-refractivity contribution in [1.82, 2.24) is 4.90 Å². The number of amides is 1. The first kappa shape index (κ1) is 12.9. The molecule has 0 N–H and O–H groups in total. The predicted octanol–water partition coefficient (Wildman–Crippen LogP) is 2.77. The van der Waals surface area contributed by atoms with Crippen LogP contribution in [0.2, 0.25) is 0 Å². The normalized spacial score (nSPS) is 16.7. The molecule has 18 heavy (non-hydrogen) atoms. The van der Waals surface area contributed by atoms with E-state index >= 15 is 0 Å². The van der Waals surface area contributed by atoms with E-state index in [2.05, 4.69) is 0 Å². The molecule has 1 amide bonds. The molecule has 0 radical (unpaired) electrons. The van der Waals surface area contributed by atoms with Gasteiger partial charge in [0.2, 0.25) is 0 Å². The van der Waals surface area contributed by atoms with Crippen LogP contribution in [0, 0.1) is 6.92 Å². The zero-order valence-electron chi connectivity index (χ0n) is 11.2. The molecule has 1 aliphatic heterocycles. The molecule has 0 unspecified atom stereocenters. The van der Waals surface area contributed by atoms with Gasteiger partial charge in [-0.3, -0.25) is 4.79 Å². The van der Waals surface area contributed by atoms with E-state index in [1.165, 1.54) is 0 Å². The van der Waals surface area contributed by atoms with Crippen molar-refractivity contribution < 1.29 is 9.53 Å². The number of benzene rings is 1. The maximum absolute atomic E-state index is 12.3. The number of nitrogens with zero attached hydrogens (tertiary/aromatic N) is 1. The van der Waals surface area contributed by atoms with Crippen LogP contribution in [0.5, 0.6) is 5.75 Å². The first-order chi connectivity index (χ1) is 8.72. The number of carbonyl (C=O) groups excluding carboxylic acids is 1. The third kappa shape index (κ3) is 2.84. The van der Waals surface area contributed by atoms with Gasteiger partial charge in [-0.05, 0) is 37.8 Å². The van der Waals surface area contributed by atoms with Crippen LogP contribution in [-0.4, -0.2) is 30.0 Å². The van der Waals surface area contributed by atoms with Crippen molar-refractivity contribution in [2.24, 2.45) is 0 Å². The van der Waals surface area contributed by atoms with E-state index in [1.54, 1.807) is 0 Å². The average Bonchev–Trinajstić information content (AvgIpc) is 2.91. The zero-order chi connectivity index (χ0) is 13.0. The lowest BCUT2D eigenvalue weighted by molar-refractivity contribution is -0.137. The summed E-state index contributed by atoms with van der Waals surface area (Å²) in [6.07, 6.45) is 2.60. The summed E-state index contributed by atoms with van der Waals surface area (Å²) in [4.78, 5) is 14.2. The van der Waals surface area contributed by atoms with Gasteiger partial charge in [0.15, 0.2) is 6.10 Å². The van der Waals surface area contributed by atoms with Crippen molar-refractivity contribution in [3.05, 3.63) is 29.8 Å². The highest BCUT2D eigenvalue weighted by Gasteiger charge is 2.26. The standard InChI is InChI=1S/C15H21NO2/c1-3-13(15(17)16-10-6-7-11-16)18-14-9-5-4-8-12(14)2/h4-5,8-9,13H,3,6-7,10-11H2,1-2H3/t13-/m1/s1. The minimum atomic E-state index is -0.343. The van der Waals surface area contributed by atoms with Gasteiger partial charge in [-0.2, -0.15) is 0 Å². The lowest BCUT2D eigenvalue weighted by atomic mass is 10.2. The van der Waals surface area contributed by atoms with Gasteiger partial charge in [-0.15, -0.1) is 0 Å². The van der Waals surface area contributed by atoms with E-state index in [1.807, 2.05) is 43.0 Å². The molecule has 1 aliphatic rings.